The van der Waals surface area contributed by atoms with Crippen molar-refractivity contribution in [3.05, 3.63) is 0 Å². The first-order valence-electron chi connectivity index (χ1n) is 6.00. The monoisotopic (exact) mass is 275 g/mol. The van der Waals surface area contributed by atoms with Crippen LogP contribution >= 0.6 is 15.9 Å². The molecule has 0 aliphatic heterocycles. The van der Waals surface area contributed by atoms with Gasteiger partial charge >= 0.3 is 0 Å². The van der Waals surface area contributed by atoms with Crippen molar-refractivity contribution >= 4 is 21.8 Å². The molecule has 0 atom stereocenters. The van der Waals surface area contributed by atoms with E-state index in [-0.39, 0.29) is 0 Å². The maximum atomic E-state index is 12.0. The molecule has 0 saturated heterocycles. The van der Waals surface area contributed by atoms with Crippen molar-refractivity contribution in [2.75, 3.05) is 11.9 Å². The molecule has 2 nitrogen and oxygen atoms in total. The summed E-state index contributed by atoms with van der Waals surface area (Å²) in [7, 11) is 0. The van der Waals surface area contributed by atoms with E-state index in [9.17, 15) is 4.79 Å². The first-order valence-corrected chi connectivity index (χ1v) is 7.12. The lowest BCUT2D eigenvalue weighted by molar-refractivity contribution is -0.133. The molecule has 1 amide bonds. The SMILES string of the molecule is CC(C)CC(=O)N(CCBr)C1CCCC1. The Hall–Kier alpha value is -0.0500. The van der Waals surface area contributed by atoms with E-state index in [1.807, 2.05) is 0 Å². The van der Waals surface area contributed by atoms with Gasteiger partial charge < -0.3 is 4.90 Å². The van der Waals surface area contributed by atoms with Gasteiger partial charge in [0.1, 0.15) is 0 Å². The highest BCUT2D eigenvalue weighted by Gasteiger charge is 2.25. The predicted octanol–water partition coefficient (Wildman–Crippen LogP) is 3.20. The number of rotatable bonds is 5. The molecule has 0 aromatic rings. The Balaban J connectivity index is 2.51. The highest BCUT2D eigenvalue weighted by molar-refractivity contribution is 9.09. The number of hydrogen-bond acceptors (Lipinski definition) is 1. The molecule has 1 rings (SSSR count). The van der Waals surface area contributed by atoms with Gasteiger partial charge in [0.15, 0.2) is 0 Å². The molecule has 0 unspecified atom stereocenters. The van der Waals surface area contributed by atoms with Crippen molar-refractivity contribution in [3.8, 4) is 0 Å². The molecular formula is C12H22BrNO. The summed E-state index contributed by atoms with van der Waals surface area (Å²) in [4.78, 5) is 14.1. The normalized spacial score (nSPS) is 17.3. The average Bonchev–Trinajstić information content (AvgIpc) is 2.65. The molecule has 1 aliphatic rings. The Morgan fingerprint density at radius 1 is 1.40 bits per heavy atom. The van der Waals surface area contributed by atoms with E-state index in [1.54, 1.807) is 0 Å². The summed E-state index contributed by atoms with van der Waals surface area (Å²) in [5, 5.41) is 0.896. The molecule has 3 heteroatoms. The number of carbonyl (C=O) groups is 1. The molecule has 1 fully saturated rings. The average molecular weight is 276 g/mol. The summed E-state index contributed by atoms with van der Waals surface area (Å²) in [6.07, 6.45) is 5.69. The van der Waals surface area contributed by atoms with E-state index < -0.39 is 0 Å². The molecular weight excluding hydrogens is 254 g/mol. The summed E-state index contributed by atoms with van der Waals surface area (Å²) in [6.45, 7) is 5.09. The number of halogens is 1. The van der Waals surface area contributed by atoms with Crippen LogP contribution in [0.2, 0.25) is 0 Å². The quantitative estimate of drug-likeness (QED) is 0.706. The van der Waals surface area contributed by atoms with Crippen molar-refractivity contribution in [2.45, 2.75) is 52.0 Å². The number of nitrogens with zero attached hydrogens (tertiary/aromatic N) is 1. The third-order valence-electron chi connectivity index (χ3n) is 2.99. The zero-order valence-corrected chi connectivity index (χ0v) is 11.4. The Labute approximate surface area is 102 Å². The largest absolute Gasteiger partial charge is 0.339 e. The van der Waals surface area contributed by atoms with Gasteiger partial charge in [0.2, 0.25) is 5.91 Å². The molecule has 0 spiro atoms. The second-order valence-electron chi connectivity index (χ2n) is 4.81. The van der Waals surface area contributed by atoms with Crippen molar-refractivity contribution in [3.63, 3.8) is 0 Å². The van der Waals surface area contributed by atoms with Gasteiger partial charge in [-0.05, 0) is 18.8 Å². The van der Waals surface area contributed by atoms with Crippen LogP contribution in [0.15, 0.2) is 0 Å². The van der Waals surface area contributed by atoms with Gasteiger partial charge in [-0.2, -0.15) is 0 Å². The molecule has 0 radical (unpaired) electrons. The van der Waals surface area contributed by atoms with E-state index in [2.05, 4.69) is 34.7 Å². The maximum Gasteiger partial charge on any atom is 0.223 e. The van der Waals surface area contributed by atoms with Gasteiger partial charge in [-0.15, -0.1) is 0 Å². The van der Waals surface area contributed by atoms with E-state index >= 15 is 0 Å². The summed E-state index contributed by atoms with van der Waals surface area (Å²) in [5.41, 5.74) is 0. The van der Waals surface area contributed by atoms with Crippen LogP contribution in [-0.4, -0.2) is 28.7 Å². The number of carbonyl (C=O) groups excluding carboxylic acids is 1. The van der Waals surface area contributed by atoms with Gasteiger partial charge in [0, 0.05) is 24.3 Å². The predicted molar refractivity (Wildman–Crippen MR) is 67.2 cm³/mol. The topological polar surface area (TPSA) is 20.3 Å². The fourth-order valence-corrected chi connectivity index (χ4v) is 2.67. The van der Waals surface area contributed by atoms with Crippen molar-refractivity contribution in [2.24, 2.45) is 5.92 Å². The summed E-state index contributed by atoms with van der Waals surface area (Å²) in [5.74, 6) is 0.813. The van der Waals surface area contributed by atoms with Crippen molar-refractivity contribution in [1.29, 1.82) is 0 Å². The third kappa shape index (κ3) is 4.13. The van der Waals surface area contributed by atoms with Crippen LogP contribution in [0, 0.1) is 5.92 Å². The van der Waals surface area contributed by atoms with Crippen molar-refractivity contribution < 1.29 is 4.79 Å². The minimum absolute atomic E-state index is 0.344. The number of amides is 1. The van der Waals surface area contributed by atoms with Crippen LogP contribution in [0.1, 0.15) is 46.0 Å². The second kappa shape index (κ2) is 6.51. The molecule has 0 bridgehead atoms. The minimum atomic E-state index is 0.344. The summed E-state index contributed by atoms with van der Waals surface area (Å²) < 4.78 is 0. The van der Waals surface area contributed by atoms with Crippen molar-refractivity contribution in [1.82, 2.24) is 4.90 Å². The van der Waals surface area contributed by atoms with Crippen LogP contribution in [-0.2, 0) is 4.79 Å². The highest BCUT2D eigenvalue weighted by atomic mass is 79.9. The van der Waals surface area contributed by atoms with Gasteiger partial charge in [-0.1, -0.05) is 42.6 Å². The van der Waals surface area contributed by atoms with Gasteiger partial charge in [-0.25, -0.2) is 0 Å². The lowest BCUT2D eigenvalue weighted by atomic mass is 10.1. The Morgan fingerprint density at radius 3 is 2.47 bits per heavy atom. The molecule has 0 aromatic carbocycles. The van der Waals surface area contributed by atoms with Crippen LogP contribution in [0.5, 0.6) is 0 Å². The Morgan fingerprint density at radius 2 is 2.00 bits per heavy atom. The first kappa shape index (κ1) is 13.0. The minimum Gasteiger partial charge on any atom is -0.339 e. The fraction of sp³-hybridized carbons (Fsp3) is 0.917. The standard InChI is InChI=1S/C12H22BrNO/c1-10(2)9-12(15)14(8-7-13)11-5-3-4-6-11/h10-11H,3-9H2,1-2H3. The third-order valence-corrected chi connectivity index (χ3v) is 3.35. The molecule has 0 heterocycles. The van der Waals surface area contributed by atoms with Crippen LogP contribution in [0.25, 0.3) is 0 Å². The molecule has 88 valence electrons. The summed E-state index contributed by atoms with van der Waals surface area (Å²) >= 11 is 3.44. The zero-order chi connectivity index (χ0) is 11.3. The molecule has 1 saturated carbocycles. The Kier molecular flexibility index (Phi) is 5.65. The fourth-order valence-electron chi connectivity index (χ4n) is 2.28. The van der Waals surface area contributed by atoms with E-state index in [4.69, 9.17) is 0 Å². The first-order chi connectivity index (χ1) is 7.15. The van der Waals surface area contributed by atoms with Gasteiger partial charge in [0.25, 0.3) is 0 Å². The zero-order valence-electron chi connectivity index (χ0n) is 9.84. The van der Waals surface area contributed by atoms with Gasteiger partial charge in [-0.3, -0.25) is 4.79 Å². The summed E-state index contributed by atoms with van der Waals surface area (Å²) in [6, 6.07) is 0.522. The Bertz CT molecular complexity index is 200. The van der Waals surface area contributed by atoms with Crippen LogP contribution in [0.4, 0.5) is 0 Å². The number of alkyl halides is 1. The lowest BCUT2D eigenvalue weighted by Crippen LogP contribution is -2.40. The molecule has 0 aromatic heterocycles. The number of hydrogen-bond donors (Lipinski definition) is 0. The van der Waals surface area contributed by atoms with Crippen LogP contribution < -0.4 is 0 Å². The van der Waals surface area contributed by atoms with E-state index in [1.165, 1.54) is 25.7 Å². The van der Waals surface area contributed by atoms with Crippen LogP contribution in [0.3, 0.4) is 0 Å². The second-order valence-corrected chi connectivity index (χ2v) is 5.61. The van der Waals surface area contributed by atoms with E-state index in [0.717, 1.165) is 11.9 Å². The lowest BCUT2D eigenvalue weighted by Gasteiger charge is -2.29. The van der Waals surface area contributed by atoms with E-state index in [0.29, 0.717) is 24.3 Å². The molecule has 0 N–H and O–H groups in total. The van der Waals surface area contributed by atoms with Gasteiger partial charge in [0.05, 0.1) is 0 Å². The maximum absolute atomic E-state index is 12.0. The smallest absolute Gasteiger partial charge is 0.223 e. The highest BCUT2D eigenvalue weighted by Crippen LogP contribution is 2.24. The molecule has 15 heavy (non-hydrogen) atoms. The molecule has 1 aliphatic carbocycles.